The van der Waals surface area contributed by atoms with Gasteiger partial charge in [0.25, 0.3) is 0 Å². The molecule has 1 fully saturated rings. The largest absolute Gasteiger partial charge is 0.456 e. The van der Waals surface area contributed by atoms with E-state index in [1.54, 1.807) is 0 Å². The van der Waals surface area contributed by atoms with Gasteiger partial charge >= 0.3 is 0 Å². The Kier molecular flexibility index (Phi) is 6.13. The van der Waals surface area contributed by atoms with Crippen LogP contribution in [-0.2, 0) is 12.8 Å². The van der Waals surface area contributed by atoms with Crippen LogP contribution in [0.3, 0.4) is 0 Å². The van der Waals surface area contributed by atoms with Gasteiger partial charge in [0.05, 0.1) is 0 Å². The molecule has 4 nitrogen and oxygen atoms in total. The van der Waals surface area contributed by atoms with Gasteiger partial charge in [-0.15, -0.1) is 0 Å². The summed E-state index contributed by atoms with van der Waals surface area (Å²) in [5.41, 5.74) is 9.10. The Morgan fingerprint density at radius 1 is 0.512 bits per heavy atom. The fraction of sp³-hybridized carbons (Fsp3) is 0.270. The van der Waals surface area contributed by atoms with Crippen LogP contribution in [0.15, 0.2) is 89.3 Å². The summed E-state index contributed by atoms with van der Waals surface area (Å²) in [4.78, 5) is 14.9. The first kappa shape index (κ1) is 24.5. The Balaban J connectivity index is 1.23. The van der Waals surface area contributed by atoms with Crippen LogP contribution < -0.4 is 0 Å². The van der Waals surface area contributed by atoms with Crippen molar-refractivity contribution in [2.75, 3.05) is 0 Å². The molecule has 2 aromatic heterocycles. The molecule has 41 heavy (non-hydrogen) atoms. The molecule has 0 N–H and O–H groups in total. The quantitative estimate of drug-likeness (QED) is 0.225. The van der Waals surface area contributed by atoms with Gasteiger partial charge < -0.3 is 4.42 Å². The van der Waals surface area contributed by atoms with Gasteiger partial charge in [-0.05, 0) is 85.4 Å². The van der Waals surface area contributed by atoms with Gasteiger partial charge in [0.15, 0.2) is 17.5 Å². The van der Waals surface area contributed by atoms with Crippen LogP contribution in [0.2, 0.25) is 0 Å². The van der Waals surface area contributed by atoms with Gasteiger partial charge in [0.2, 0.25) is 0 Å². The van der Waals surface area contributed by atoms with Crippen LogP contribution in [0.1, 0.15) is 67.6 Å². The molecule has 2 aliphatic rings. The van der Waals surface area contributed by atoms with Gasteiger partial charge in [0.1, 0.15) is 11.2 Å². The van der Waals surface area contributed by atoms with Gasteiger partial charge in [0, 0.05) is 27.5 Å². The molecule has 2 heterocycles. The number of furan rings is 1. The van der Waals surface area contributed by atoms with Gasteiger partial charge in [-0.25, -0.2) is 15.0 Å². The third-order valence-corrected chi connectivity index (χ3v) is 9.11. The van der Waals surface area contributed by atoms with Crippen molar-refractivity contribution in [3.8, 4) is 34.2 Å². The zero-order valence-electron chi connectivity index (χ0n) is 23.3. The second-order valence-corrected chi connectivity index (χ2v) is 11.8. The number of nitrogens with zero attached hydrogens (tertiary/aromatic N) is 3. The minimum absolute atomic E-state index is 0.653. The lowest BCUT2D eigenvalue weighted by Crippen LogP contribution is -2.04. The summed E-state index contributed by atoms with van der Waals surface area (Å²) >= 11 is 0. The molecule has 202 valence electrons. The van der Waals surface area contributed by atoms with Crippen LogP contribution in [0, 0.1) is 0 Å². The molecule has 4 aromatic carbocycles. The summed E-state index contributed by atoms with van der Waals surface area (Å²) in [7, 11) is 0. The molecular formula is C37H33N3O. The second-order valence-electron chi connectivity index (χ2n) is 11.8. The summed E-state index contributed by atoms with van der Waals surface area (Å²) < 4.78 is 6.47. The van der Waals surface area contributed by atoms with Crippen molar-refractivity contribution in [3.05, 3.63) is 102 Å². The fourth-order valence-corrected chi connectivity index (χ4v) is 6.85. The highest BCUT2D eigenvalue weighted by atomic mass is 16.3. The van der Waals surface area contributed by atoms with Crippen LogP contribution in [0.4, 0.5) is 0 Å². The maximum atomic E-state index is 6.47. The average Bonchev–Trinajstić information content (AvgIpc) is 3.42. The second kappa shape index (κ2) is 10.3. The van der Waals surface area contributed by atoms with Crippen molar-refractivity contribution >= 4 is 21.9 Å². The normalized spacial score (nSPS) is 15.8. The highest BCUT2D eigenvalue weighted by molar-refractivity contribution is 6.06. The molecule has 0 radical (unpaired) electrons. The molecule has 8 rings (SSSR count). The maximum Gasteiger partial charge on any atom is 0.164 e. The van der Waals surface area contributed by atoms with Crippen LogP contribution in [-0.4, -0.2) is 15.0 Å². The van der Waals surface area contributed by atoms with E-state index in [9.17, 15) is 0 Å². The van der Waals surface area contributed by atoms with Crippen molar-refractivity contribution in [2.24, 2.45) is 0 Å². The smallest absolute Gasteiger partial charge is 0.164 e. The molecule has 0 atom stereocenters. The molecule has 0 spiro atoms. The van der Waals surface area contributed by atoms with E-state index < -0.39 is 0 Å². The van der Waals surface area contributed by atoms with E-state index in [4.69, 9.17) is 19.4 Å². The molecule has 0 unspecified atom stereocenters. The monoisotopic (exact) mass is 535 g/mol. The first-order valence-electron chi connectivity index (χ1n) is 15.2. The molecule has 0 saturated heterocycles. The van der Waals surface area contributed by atoms with E-state index in [2.05, 4.69) is 66.7 Å². The van der Waals surface area contributed by atoms with Crippen molar-refractivity contribution in [1.29, 1.82) is 0 Å². The van der Waals surface area contributed by atoms with Crippen molar-refractivity contribution in [3.63, 3.8) is 0 Å². The number of hydrogen-bond acceptors (Lipinski definition) is 4. The van der Waals surface area contributed by atoms with E-state index in [1.807, 2.05) is 18.2 Å². The Labute approximate surface area is 240 Å². The summed E-state index contributed by atoms with van der Waals surface area (Å²) in [6.45, 7) is 0. The minimum Gasteiger partial charge on any atom is -0.456 e. The Morgan fingerprint density at radius 2 is 1.15 bits per heavy atom. The predicted octanol–water partition coefficient (Wildman–Crippen LogP) is 9.70. The molecular weight excluding hydrogens is 502 g/mol. The highest BCUT2D eigenvalue weighted by Gasteiger charge is 2.19. The van der Waals surface area contributed by atoms with E-state index in [0.29, 0.717) is 23.4 Å². The third-order valence-electron chi connectivity index (χ3n) is 9.11. The van der Waals surface area contributed by atoms with Gasteiger partial charge in [-0.3, -0.25) is 0 Å². The summed E-state index contributed by atoms with van der Waals surface area (Å²) in [6, 6.07) is 30.1. The minimum atomic E-state index is 0.653. The van der Waals surface area contributed by atoms with Crippen LogP contribution in [0.5, 0.6) is 0 Å². The van der Waals surface area contributed by atoms with E-state index in [0.717, 1.165) is 46.1 Å². The van der Waals surface area contributed by atoms with Crippen LogP contribution in [0.25, 0.3) is 56.1 Å². The van der Waals surface area contributed by atoms with E-state index >= 15 is 0 Å². The number of benzene rings is 4. The first-order valence-corrected chi connectivity index (χ1v) is 15.2. The summed E-state index contributed by atoms with van der Waals surface area (Å²) in [6.07, 6.45) is 11.4. The maximum absolute atomic E-state index is 6.47. The van der Waals surface area contributed by atoms with E-state index in [-0.39, 0.29) is 0 Å². The predicted molar refractivity (Wildman–Crippen MR) is 166 cm³/mol. The Hall–Kier alpha value is -4.31. The molecule has 6 aromatic rings. The topological polar surface area (TPSA) is 51.8 Å². The summed E-state index contributed by atoms with van der Waals surface area (Å²) in [5, 5.41) is 2.30. The van der Waals surface area contributed by atoms with Crippen molar-refractivity contribution < 1.29 is 4.42 Å². The first-order chi connectivity index (χ1) is 20.3. The van der Waals surface area contributed by atoms with Crippen molar-refractivity contribution in [2.45, 2.75) is 63.7 Å². The van der Waals surface area contributed by atoms with E-state index in [1.165, 1.54) is 67.0 Å². The zero-order chi connectivity index (χ0) is 27.2. The molecule has 1 saturated carbocycles. The summed E-state index contributed by atoms with van der Waals surface area (Å²) in [5.74, 6) is 2.71. The molecule has 0 aliphatic heterocycles. The molecule has 0 amide bonds. The highest BCUT2D eigenvalue weighted by Crippen LogP contribution is 2.37. The lowest BCUT2D eigenvalue weighted by atomic mass is 9.84. The van der Waals surface area contributed by atoms with Gasteiger partial charge in [-0.2, -0.15) is 0 Å². The lowest BCUT2D eigenvalue weighted by Gasteiger charge is -2.21. The SMILES string of the molecule is c1ccc(-c2nc(-c3ccc4c(c3)CCCC4)nc(-c3ccc4c(c3)oc3cc(C5CCCCC5)ccc34)n2)cc1. The standard InChI is InChI=1S/C37H33N3O/c1-3-9-24(10-4-1)28-17-19-31-32-20-18-30(23-34(32)41-33(31)22-28)37-39-35(26-12-5-2-6-13-26)38-36(40-37)29-16-15-25-11-7-8-14-27(25)21-29/h2,5-6,12-13,15-24H,1,3-4,7-11,14H2. The Morgan fingerprint density at radius 3 is 1.93 bits per heavy atom. The average molecular weight is 536 g/mol. The number of aryl methyl sites for hydroxylation is 2. The Bertz CT molecular complexity index is 1880. The lowest BCUT2D eigenvalue weighted by molar-refractivity contribution is 0.443. The number of hydrogen-bond donors (Lipinski definition) is 0. The number of fused-ring (bicyclic) bond motifs is 4. The van der Waals surface area contributed by atoms with Crippen LogP contribution >= 0.6 is 0 Å². The molecule has 4 heteroatoms. The van der Waals surface area contributed by atoms with Gasteiger partial charge in [-0.1, -0.05) is 79.9 Å². The fourth-order valence-electron chi connectivity index (χ4n) is 6.85. The molecule has 2 aliphatic carbocycles. The van der Waals surface area contributed by atoms with Crippen molar-refractivity contribution in [1.82, 2.24) is 15.0 Å². The number of rotatable bonds is 4. The third kappa shape index (κ3) is 4.61. The molecule has 0 bridgehead atoms. The number of aromatic nitrogens is 3. The zero-order valence-corrected chi connectivity index (χ0v) is 23.3.